The van der Waals surface area contributed by atoms with Crippen LogP contribution in [0.5, 0.6) is 0 Å². The second kappa shape index (κ2) is 4.65. The van der Waals surface area contributed by atoms with Gasteiger partial charge in [-0.25, -0.2) is 9.59 Å². The number of carbonyl (C=O) groups excluding carboxylic acids is 1. The van der Waals surface area contributed by atoms with Gasteiger partial charge in [0.15, 0.2) is 0 Å². The SMILES string of the molecule is COC(=O)c1cc(/C=C(\C)C(=O)O)oc1C. The monoisotopic (exact) mass is 224 g/mol. The van der Waals surface area contributed by atoms with Crippen LogP contribution in [-0.4, -0.2) is 24.2 Å². The lowest BCUT2D eigenvalue weighted by Crippen LogP contribution is -2.00. The summed E-state index contributed by atoms with van der Waals surface area (Å²) in [6.07, 6.45) is 1.35. The molecule has 0 aliphatic carbocycles. The molecule has 0 bridgehead atoms. The van der Waals surface area contributed by atoms with Crippen molar-refractivity contribution >= 4 is 18.0 Å². The molecule has 0 aromatic carbocycles. The van der Waals surface area contributed by atoms with E-state index in [0.717, 1.165) is 0 Å². The van der Waals surface area contributed by atoms with Gasteiger partial charge in [-0.1, -0.05) is 0 Å². The molecule has 0 aliphatic rings. The molecule has 1 aromatic heterocycles. The molecule has 0 spiro atoms. The summed E-state index contributed by atoms with van der Waals surface area (Å²) >= 11 is 0. The summed E-state index contributed by atoms with van der Waals surface area (Å²) in [7, 11) is 1.27. The van der Waals surface area contributed by atoms with Crippen LogP contribution in [0, 0.1) is 6.92 Å². The van der Waals surface area contributed by atoms with E-state index in [1.807, 2.05) is 0 Å². The number of aliphatic carboxylic acids is 1. The fraction of sp³-hybridized carbons (Fsp3) is 0.273. The summed E-state index contributed by atoms with van der Waals surface area (Å²) in [5, 5.41) is 8.67. The van der Waals surface area contributed by atoms with E-state index < -0.39 is 11.9 Å². The molecule has 1 heterocycles. The van der Waals surface area contributed by atoms with Crippen LogP contribution in [0.2, 0.25) is 0 Å². The van der Waals surface area contributed by atoms with E-state index in [1.54, 1.807) is 6.92 Å². The number of carbonyl (C=O) groups is 2. The predicted octanol–water partition coefficient (Wildman–Crippen LogP) is 1.86. The summed E-state index contributed by atoms with van der Waals surface area (Å²) in [6, 6.07) is 1.45. The molecule has 0 atom stereocenters. The van der Waals surface area contributed by atoms with Crippen molar-refractivity contribution in [3.8, 4) is 0 Å². The van der Waals surface area contributed by atoms with Gasteiger partial charge < -0.3 is 14.3 Å². The third-order valence-corrected chi connectivity index (χ3v) is 2.04. The zero-order chi connectivity index (χ0) is 12.3. The first-order valence-electron chi connectivity index (χ1n) is 4.56. The number of esters is 1. The first-order chi connectivity index (χ1) is 7.45. The number of hydrogen-bond donors (Lipinski definition) is 1. The van der Waals surface area contributed by atoms with Gasteiger partial charge in [0.25, 0.3) is 0 Å². The second-order valence-corrected chi connectivity index (χ2v) is 3.24. The maximum atomic E-state index is 11.2. The lowest BCUT2D eigenvalue weighted by molar-refractivity contribution is -0.132. The Kier molecular flexibility index (Phi) is 3.50. The fourth-order valence-corrected chi connectivity index (χ4v) is 1.16. The van der Waals surface area contributed by atoms with Gasteiger partial charge in [-0.15, -0.1) is 0 Å². The van der Waals surface area contributed by atoms with E-state index >= 15 is 0 Å². The molecular formula is C11H12O5. The molecule has 0 aliphatic heterocycles. The van der Waals surface area contributed by atoms with Crippen molar-refractivity contribution in [2.24, 2.45) is 0 Å². The highest BCUT2D eigenvalue weighted by atomic mass is 16.5. The van der Waals surface area contributed by atoms with Crippen molar-refractivity contribution in [2.75, 3.05) is 7.11 Å². The van der Waals surface area contributed by atoms with E-state index in [4.69, 9.17) is 9.52 Å². The molecule has 5 nitrogen and oxygen atoms in total. The topological polar surface area (TPSA) is 76.7 Å². The van der Waals surface area contributed by atoms with Crippen LogP contribution in [0.15, 0.2) is 16.1 Å². The minimum absolute atomic E-state index is 0.130. The third-order valence-electron chi connectivity index (χ3n) is 2.04. The van der Waals surface area contributed by atoms with E-state index in [9.17, 15) is 9.59 Å². The van der Waals surface area contributed by atoms with Gasteiger partial charge in [0, 0.05) is 5.57 Å². The van der Waals surface area contributed by atoms with Gasteiger partial charge >= 0.3 is 11.9 Å². The Morgan fingerprint density at radius 2 is 2.12 bits per heavy atom. The highest BCUT2D eigenvalue weighted by Crippen LogP contribution is 2.18. The summed E-state index contributed by atoms with van der Waals surface area (Å²) in [6.45, 7) is 3.05. The van der Waals surface area contributed by atoms with E-state index in [1.165, 1.54) is 26.2 Å². The van der Waals surface area contributed by atoms with Crippen molar-refractivity contribution in [1.29, 1.82) is 0 Å². The number of aryl methyl sites for hydroxylation is 1. The van der Waals surface area contributed by atoms with E-state index in [-0.39, 0.29) is 5.57 Å². The first-order valence-corrected chi connectivity index (χ1v) is 4.56. The third kappa shape index (κ3) is 2.50. The van der Waals surface area contributed by atoms with E-state index in [0.29, 0.717) is 17.1 Å². The molecule has 16 heavy (non-hydrogen) atoms. The molecule has 86 valence electrons. The van der Waals surface area contributed by atoms with Gasteiger partial charge in [-0.05, 0) is 26.0 Å². The quantitative estimate of drug-likeness (QED) is 0.626. The van der Waals surface area contributed by atoms with Crippen LogP contribution in [0.25, 0.3) is 6.08 Å². The molecule has 1 aromatic rings. The van der Waals surface area contributed by atoms with Crippen molar-refractivity contribution in [3.63, 3.8) is 0 Å². The number of carboxylic acid groups (broad SMARTS) is 1. The van der Waals surface area contributed by atoms with Gasteiger partial charge in [-0.3, -0.25) is 0 Å². The van der Waals surface area contributed by atoms with Crippen LogP contribution in [0.3, 0.4) is 0 Å². The van der Waals surface area contributed by atoms with Crippen LogP contribution < -0.4 is 0 Å². The minimum Gasteiger partial charge on any atom is -0.478 e. The number of methoxy groups -OCH3 is 1. The van der Waals surface area contributed by atoms with Crippen LogP contribution in [-0.2, 0) is 9.53 Å². The average Bonchev–Trinajstić information content (AvgIpc) is 2.58. The predicted molar refractivity (Wildman–Crippen MR) is 56.1 cm³/mol. The Balaban J connectivity index is 3.06. The lowest BCUT2D eigenvalue weighted by Gasteiger charge is -1.93. The van der Waals surface area contributed by atoms with Gasteiger partial charge in [-0.2, -0.15) is 0 Å². The number of rotatable bonds is 3. The van der Waals surface area contributed by atoms with Crippen molar-refractivity contribution in [1.82, 2.24) is 0 Å². The van der Waals surface area contributed by atoms with Crippen molar-refractivity contribution < 1.29 is 23.8 Å². The molecule has 1 N–H and O–H groups in total. The first kappa shape index (κ1) is 12.0. The maximum Gasteiger partial charge on any atom is 0.341 e. The smallest absolute Gasteiger partial charge is 0.341 e. The van der Waals surface area contributed by atoms with Crippen LogP contribution in [0.4, 0.5) is 0 Å². The molecule has 1 rings (SSSR count). The molecule has 0 fully saturated rings. The number of furan rings is 1. The summed E-state index contributed by atoms with van der Waals surface area (Å²) in [4.78, 5) is 21.8. The Morgan fingerprint density at radius 1 is 1.50 bits per heavy atom. The Hall–Kier alpha value is -2.04. The number of hydrogen-bond acceptors (Lipinski definition) is 4. The standard InChI is InChI=1S/C11H12O5/c1-6(10(12)13)4-8-5-9(7(2)16-8)11(14)15-3/h4-5H,1-3H3,(H,12,13)/b6-4+. The highest BCUT2D eigenvalue weighted by Gasteiger charge is 2.14. The molecule has 5 heteroatoms. The fourth-order valence-electron chi connectivity index (χ4n) is 1.16. The average molecular weight is 224 g/mol. The number of carboxylic acids is 1. The Morgan fingerprint density at radius 3 is 2.62 bits per heavy atom. The summed E-state index contributed by atoms with van der Waals surface area (Å²) < 4.78 is 9.76. The molecule has 0 radical (unpaired) electrons. The van der Waals surface area contributed by atoms with Gasteiger partial charge in [0.2, 0.25) is 0 Å². The minimum atomic E-state index is -1.03. The molecule has 0 saturated heterocycles. The summed E-state index contributed by atoms with van der Waals surface area (Å²) in [5.41, 5.74) is 0.428. The Bertz CT molecular complexity index is 453. The van der Waals surface area contributed by atoms with Gasteiger partial charge in [0.1, 0.15) is 17.1 Å². The highest BCUT2D eigenvalue weighted by molar-refractivity contribution is 5.93. The molecule has 0 amide bonds. The largest absolute Gasteiger partial charge is 0.478 e. The maximum absolute atomic E-state index is 11.2. The van der Waals surface area contributed by atoms with Crippen molar-refractivity contribution in [3.05, 3.63) is 28.7 Å². The molecular weight excluding hydrogens is 212 g/mol. The van der Waals surface area contributed by atoms with Crippen LogP contribution in [0.1, 0.15) is 28.8 Å². The zero-order valence-corrected chi connectivity index (χ0v) is 9.23. The normalized spacial score (nSPS) is 11.3. The molecule has 0 saturated carbocycles. The second-order valence-electron chi connectivity index (χ2n) is 3.24. The summed E-state index contributed by atoms with van der Waals surface area (Å²) in [5.74, 6) is -0.823. The molecule has 0 unspecified atom stereocenters. The van der Waals surface area contributed by atoms with E-state index in [2.05, 4.69) is 4.74 Å². The van der Waals surface area contributed by atoms with Gasteiger partial charge in [0.05, 0.1) is 7.11 Å². The number of ether oxygens (including phenoxy) is 1. The Labute approximate surface area is 92.3 Å². The zero-order valence-electron chi connectivity index (χ0n) is 9.23. The lowest BCUT2D eigenvalue weighted by atomic mass is 10.2. The van der Waals surface area contributed by atoms with Crippen LogP contribution >= 0.6 is 0 Å². The van der Waals surface area contributed by atoms with Crippen molar-refractivity contribution in [2.45, 2.75) is 13.8 Å².